The van der Waals surface area contributed by atoms with Gasteiger partial charge in [-0.3, -0.25) is 0 Å². The molecule has 0 bridgehead atoms. The molecule has 1 N–H and O–H groups in total. The van der Waals surface area contributed by atoms with Gasteiger partial charge in [0.2, 0.25) is 5.82 Å². The van der Waals surface area contributed by atoms with Crippen LogP contribution in [0.2, 0.25) is 0 Å². The van der Waals surface area contributed by atoms with Gasteiger partial charge in [-0.1, -0.05) is 25.2 Å². The SMILES string of the molecule is COCC(Nc1nc2sccn2c1[N+](=O)[O-])C(C)C. The summed E-state index contributed by atoms with van der Waals surface area (Å²) in [6, 6.07) is -0.0201. The lowest BCUT2D eigenvalue weighted by molar-refractivity contribution is -0.389. The molecule has 0 spiro atoms. The summed E-state index contributed by atoms with van der Waals surface area (Å²) in [6.45, 7) is 4.53. The monoisotopic (exact) mass is 284 g/mol. The van der Waals surface area contributed by atoms with Gasteiger partial charge >= 0.3 is 5.82 Å². The van der Waals surface area contributed by atoms with Crippen molar-refractivity contribution in [3.8, 4) is 0 Å². The molecule has 2 aromatic heterocycles. The number of ether oxygens (including phenoxy) is 1. The molecular formula is C11H16N4O3S. The second-order valence-electron chi connectivity index (χ2n) is 4.55. The average Bonchev–Trinajstić information content (AvgIpc) is 2.87. The van der Waals surface area contributed by atoms with Gasteiger partial charge in [-0.15, -0.1) is 0 Å². The van der Waals surface area contributed by atoms with Gasteiger partial charge < -0.3 is 20.2 Å². The van der Waals surface area contributed by atoms with E-state index in [2.05, 4.69) is 10.3 Å². The summed E-state index contributed by atoms with van der Waals surface area (Å²) in [5.41, 5.74) is 0. The fourth-order valence-corrected chi connectivity index (χ4v) is 2.51. The smallest absolute Gasteiger partial charge is 0.372 e. The van der Waals surface area contributed by atoms with Gasteiger partial charge in [0.15, 0.2) is 0 Å². The van der Waals surface area contributed by atoms with Crippen molar-refractivity contribution < 1.29 is 9.66 Å². The van der Waals surface area contributed by atoms with Gasteiger partial charge in [-0.05, 0) is 10.8 Å². The molecule has 1 unspecified atom stereocenters. The first kappa shape index (κ1) is 13.8. The summed E-state index contributed by atoms with van der Waals surface area (Å²) < 4.78 is 6.61. The van der Waals surface area contributed by atoms with Gasteiger partial charge in [0.25, 0.3) is 4.96 Å². The molecule has 104 valence electrons. The Morgan fingerprint density at radius 2 is 2.37 bits per heavy atom. The molecule has 0 aliphatic heterocycles. The van der Waals surface area contributed by atoms with Crippen molar-refractivity contribution in [3.63, 3.8) is 0 Å². The number of rotatable bonds is 6. The quantitative estimate of drug-likeness (QED) is 0.650. The second kappa shape index (κ2) is 5.54. The molecule has 1 atom stereocenters. The van der Waals surface area contributed by atoms with Crippen LogP contribution in [0.3, 0.4) is 0 Å². The minimum absolute atomic E-state index is 0.0201. The highest BCUT2D eigenvalue weighted by Crippen LogP contribution is 2.29. The molecular weight excluding hydrogens is 268 g/mol. The van der Waals surface area contributed by atoms with E-state index in [0.29, 0.717) is 17.4 Å². The third-order valence-corrected chi connectivity index (χ3v) is 3.64. The Morgan fingerprint density at radius 3 is 2.95 bits per heavy atom. The minimum atomic E-state index is -0.417. The molecule has 0 fully saturated rings. The van der Waals surface area contributed by atoms with E-state index in [9.17, 15) is 10.1 Å². The summed E-state index contributed by atoms with van der Waals surface area (Å²) in [5.74, 6) is 0.546. The lowest BCUT2D eigenvalue weighted by Gasteiger charge is -2.20. The number of methoxy groups -OCH3 is 1. The van der Waals surface area contributed by atoms with E-state index in [1.54, 1.807) is 18.7 Å². The highest BCUT2D eigenvalue weighted by Gasteiger charge is 2.26. The Labute approximate surface area is 114 Å². The molecule has 0 saturated carbocycles. The van der Waals surface area contributed by atoms with Crippen molar-refractivity contribution in [2.24, 2.45) is 5.92 Å². The van der Waals surface area contributed by atoms with Crippen LogP contribution in [0, 0.1) is 16.0 Å². The zero-order valence-electron chi connectivity index (χ0n) is 11.0. The Bertz CT molecular complexity index is 578. The molecule has 19 heavy (non-hydrogen) atoms. The van der Waals surface area contributed by atoms with Gasteiger partial charge in [-0.25, -0.2) is 0 Å². The van der Waals surface area contributed by atoms with E-state index in [1.165, 1.54) is 15.7 Å². The van der Waals surface area contributed by atoms with Crippen LogP contribution in [0.15, 0.2) is 11.6 Å². The standard InChI is InChI=1S/C11H16N4O3S/c1-7(2)8(6-18-3)12-9-10(15(16)17)14-4-5-19-11(14)13-9/h4-5,7-8,12H,6H2,1-3H3. The van der Waals surface area contributed by atoms with Crippen LogP contribution in [-0.4, -0.2) is 34.1 Å². The Balaban J connectivity index is 2.35. The molecule has 0 saturated heterocycles. The van der Waals surface area contributed by atoms with Crippen molar-refractivity contribution in [2.45, 2.75) is 19.9 Å². The lowest BCUT2D eigenvalue weighted by Crippen LogP contribution is -2.30. The van der Waals surface area contributed by atoms with Gasteiger partial charge in [0.1, 0.15) is 6.20 Å². The molecule has 2 heterocycles. The highest BCUT2D eigenvalue weighted by atomic mass is 32.1. The second-order valence-corrected chi connectivity index (χ2v) is 5.42. The third-order valence-electron chi connectivity index (χ3n) is 2.88. The number of anilines is 1. The highest BCUT2D eigenvalue weighted by molar-refractivity contribution is 7.15. The van der Waals surface area contributed by atoms with Crippen LogP contribution < -0.4 is 5.32 Å². The summed E-state index contributed by atoms with van der Waals surface area (Å²) in [7, 11) is 1.61. The van der Waals surface area contributed by atoms with E-state index in [-0.39, 0.29) is 17.8 Å². The summed E-state index contributed by atoms with van der Waals surface area (Å²) in [6.07, 6.45) is 1.65. The van der Waals surface area contributed by atoms with Crippen molar-refractivity contribution >= 4 is 27.9 Å². The molecule has 0 aliphatic carbocycles. The number of hydrogen-bond donors (Lipinski definition) is 1. The molecule has 7 nitrogen and oxygen atoms in total. The fraction of sp³-hybridized carbons (Fsp3) is 0.545. The van der Waals surface area contributed by atoms with Crippen LogP contribution in [-0.2, 0) is 4.74 Å². The Hall–Kier alpha value is -1.67. The number of nitro groups is 1. The fourth-order valence-electron chi connectivity index (χ4n) is 1.80. The number of aromatic nitrogens is 2. The molecule has 0 amide bonds. The molecule has 0 aliphatic rings. The predicted octanol–water partition coefficient (Wildman–Crippen LogP) is 2.39. The molecule has 2 rings (SSSR count). The van der Waals surface area contributed by atoms with Crippen LogP contribution >= 0.6 is 11.3 Å². The van der Waals surface area contributed by atoms with E-state index in [1.807, 2.05) is 13.8 Å². The van der Waals surface area contributed by atoms with E-state index in [0.717, 1.165) is 0 Å². The first-order valence-electron chi connectivity index (χ1n) is 5.90. The van der Waals surface area contributed by atoms with Crippen molar-refractivity contribution in [1.29, 1.82) is 0 Å². The number of nitrogens with one attached hydrogen (secondary N) is 1. The zero-order valence-corrected chi connectivity index (χ0v) is 11.8. The summed E-state index contributed by atoms with van der Waals surface area (Å²) >= 11 is 1.36. The number of hydrogen-bond acceptors (Lipinski definition) is 6. The maximum Gasteiger partial charge on any atom is 0.372 e. The maximum absolute atomic E-state index is 11.2. The van der Waals surface area contributed by atoms with Crippen molar-refractivity contribution in [2.75, 3.05) is 19.0 Å². The topological polar surface area (TPSA) is 81.7 Å². The summed E-state index contributed by atoms with van der Waals surface area (Å²) in [4.78, 5) is 15.6. The van der Waals surface area contributed by atoms with Crippen LogP contribution in [0.5, 0.6) is 0 Å². The van der Waals surface area contributed by atoms with Gasteiger partial charge in [-0.2, -0.15) is 9.38 Å². The van der Waals surface area contributed by atoms with Crippen molar-refractivity contribution in [1.82, 2.24) is 9.38 Å². The molecule has 0 radical (unpaired) electrons. The largest absolute Gasteiger partial charge is 0.383 e. The van der Waals surface area contributed by atoms with E-state index in [4.69, 9.17) is 4.74 Å². The zero-order chi connectivity index (χ0) is 14.0. The third kappa shape index (κ3) is 2.69. The molecule has 8 heteroatoms. The van der Waals surface area contributed by atoms with Crippen LogP contribution in [0.1, 0.15) is 13.8 Å². The van der Waals surface area contributed by atoms with Crippen LogP contribution in [0.25, 0.3) is 4.96 Å². The first-order valence-corrected chi connectivity index (χ1v) is 6.78. The lowest BCUT2D eigenvalue weighted by atomic mass is 10.1. The first-order chi connectivity index (χ1) is 9.04. The minimum Gasteiger partial charge on any atom is -0.383 e. The summed E-state index contributed by atoms with van der Waals surface area (Å²) in [5, 5.41) is 16.1. The van der Waals surface area contributed by atoms with Gasteiger partial charge in [0.05, 0.1) is 12.6 Å². The van der Waals surface area contributed by atoms with Crippen molar-refractivity contribution in [3.05, 3.63) is 21.7 Å². The average molecular weight is 284 g/mol. The normalized spacial score (nSPS) is 13.1. The number of nitrogens with zero attached hydrogens (tertiary/aromatic N) is 3. The number of thiazole rings is 1. The predicted molar refractivity (Wildman–Crippen MR) is 73.8 cm³/mol. The number of imidazole rings is 1. The van der Waals surface area contributed by atoms with Crippen LogP contribution in [0.4, 0.5) is 11.6 Å². The maximum atomic E-state index is 11.2. The van der Waals surface area contributed by atoms with Gasteiger partial charge in [0, 0.05) is 12.5 Å². The molecule has 2 aromatic rings. The van der Waals surface area contributed by atoms with E-state index >= 15 is 0 Å². The number of fused-ring (bicyclic) bond motifs is 1. The Kier molecular flexibility index (Phi) is 4.01. The van der Waals surface area contributed by atoms with E-state index < -0.39 is 4.92 Å². The molecule has 0 aromatic carbocycles. The Morgan fingerprint density at radius 1 is 1.63 bits per heavy atom.